The van der Waals surface area contributed by atoms with Crippen molar-refractivity contribution in [3.05, 3.63) is 58.7 Å². The number of carbonyl (C=O) groups is 2. The summed E-state index contributed by atoms with van der Waals surface area (Å²) in [6, 6.07) is 11.3. The number of carbonyl (C=O) groups excluding carboxylic acids is 2. The summed E-state index contributed by atoms with van der Waals surface area (Å²) in [6.07, 6.45) is 0.310. The molecule has 0 fully saturated rings. The monoisotopic (exact) mass is 381 g/mol. The molecule has 0 aliphatic heterocycles. The number of hydrogen-bond donors (Lipinski definition) is 2. The fourth-order valence-electron chi connectivity index (χ4n) is 2.96. The van der Waals surface area contributed by atoms with Crippen molar-refractivity contribution < 1.29 is 14.3 Å². The normalized spacial score (nSPS) is 11.1. The molecule has 0 aromatic heterocycles. The van der Waals surface area contributed by atoms with Gasteiger partial charge in [0.25, 0.3) is 0 Å². The van der Waals surface area contributed by atoms with E-state index in [-0.39, 0.29) is 24.7 Å². The maximum atomic E-state index is 12.3. The zero-order valence-corrected chi connectivity index (χ0v) is 17.1. The van der Waals surface area contributed by atoms with Gasteiger partial charge in [0.15, 0.2) is 0 Å². The highest BCUT2D eigenvalue weighted by Gasteiger charge is 2.10. The van der Waals surface area contributed by atoms with Crippen molar-refractivity contribution in [1.82, 2.24) is 5.43 Å². The average Bonchev–Trinajstić information content (AvgIpc) is 2.63. The number of aryl methyl sites for hydroxylation is 3. The number of hydrogen-bond acceptors (Lipinski definition) is 4. The van der Waals surface area contributed by atoms with Crippen LogP contribution in [0.15, 0.2) is 41.5 Å². The molecule has 0 spiro atoms. The van der Waals surface area contributed by atoms with Gasteiger partial charge in [-0.25, -0.2) is 5.43 Å². The van der Waals surface area contributed by atoms with Crippen molar-refractivity contribution in [2.24, 2.45) is 5.10 Å². The first-order valence-electron chi connectivity index (χ1n) is 9.11. The quantitative estimate of drug-likeness (QED) is 0.567. The lowest BCUT2D eigenvalue weighted by Gasteiger charge is -2.12. The molecule has 0 heterocycles. The minimum absolute atomic E-state index is 0.107. The van der Waals surface area contributed by atoms with Gasteiger partial charge >= 0.3 is 0 Å². The van der Waals surface area contributed by atoms with Crippen molar-refractivity contribution >= 4 is 23.2 Å². The molecule has 0 saturated carbocycles. The van der Waals surface area contributed by atoms with E-state index in [1.165, 1.54) is 0 Å². The Morgan fingerprint density at radius 1 is 1.00 bits per heavy atom. The van der Waals surface area contributed by atoms with Gasteiger partial charge < -0.3 is 10.1 Å². The lowest BCUT2D eigenvalue weighted by Crippen LogP contribution is -2.23. The minimum Gasteiger partial charge on any atom is -0.497 e. The van der Waals surface area contributed by atoms with Crippen LogP contribution in [-0.4, -0.2) is 24.6 Å². The van der Waals surface area contributed by atoms with Gasteiger partial charge in [-0.05, 0) is 56.5 Å². The highest BCUT2D eigenvalue weighted by atomic mass is 16.5. The molecule has 2 aromatic rings. The van der Waals surface area contributed by atoms with Crippen LogP contribution in [0.2, 0.25) is 0 Å². The maximum Gasteiger partial charge on any atom is 0.244 e. The SMILES string of the molecule is COc1ccc(CC(=O)N/N=C(\C)CC(=O)Nc2c(C)cc(C)cc2C)cc1. The largest absolute Gasteiger partial charge is 0.497 e. The smallest absolute Gasteiger partial charge is 0.244 e. The summed E-state index contributed by atoms with van der Waals surface area (Å²) in [4.78, 5) is 24.3. The molecule has 28 heavy (non-hydrogen) atoms. The second kappa shape index (κ2) is 9.69. The fourth-order valence-corrected chi connectivity index (χ4v) is 2.96. The molecule has 2 N–H and O–H groups in total. The second-order valence-electron chi connectivity index (χ2n) is 6.91. The molecular formula is C22H27N3O3. The summed E-state index contributed by atoms with van der Waals surface area (Å²) in [7, 11) is 1.59. The summed E-state index contributed by atoms with van der Waals surface area (Å²) >= 11 is 0. The minimum atomic E-state index is -0.241. The predicted octanol–water partition coefficient (Wildman–Crippen LogP) is 3.68. The number of anilines is 1. The molecule has 148 valence electrons. The van der Waals surface area contributed by atoms with Crippen LogP contribution >= 0.6 is 0 Å². The molecule has 0 atom stereocenters. The third-order valence-electron chi connectivity index (χ3n) is 4.25. The number of methoxy groups -OCH3 is 1. The van der Waals surface area contributed by atoms with Crippen LogP contribution in [0.25, 0.3) is 0 Å². The Kier molecular flexibility index (Phi) is 7.32. The zero-order chi connectivity index (χ0) is 20.7. The highest BCUT2D eigenvalue weighted by molar-refractivity contribution is 6.06. The fraction of sp³-hybridized carbons (Fsp3) is 0.318. The lowest BCUT2D eigenvalue weighted by molar-refractivity contribution is -0.120. The highest BCUT2D eigenvalue weighted by Crippen LogP contribution is 2.22. The molecule has 0 aliphatic rings. The van der Waals surface area contributed by atoms with E-state index in [9.17, 15) is 9.59 Å². The van der Waals surface area contributed by atoms with Gasteiger partial charge in [0.1, 0.15) is 5.75 Å². The van der Waals surface area contributed by atoms with Crippen LogP contribution < -0.4 is 15.5 Å². The van der Waals surface area contributed by atoms with E-state index in [1.807, 2.05) is 45.0 Å². The Morgan fingerprint density at radius 3 is 2.18 bits per heavy atom. The number of amides is 2. The van der Waals surface area contributed by atoms with E-state index in [4.69, 9.17) is 4.74 Å². The molecule has 0 aliphatic carbocycles. The van der Waals surface area contributed by atoms with E-state index in [0.29, 0.717) is 5.71 Å². The van der Waals surface area contributed by atoms with Gasteiger partial charge in [-0.3, -0.25) is 9.59 Å². The molecule has 2 aromatic carbocycles. The molecule has 0 unspecified atom stereocenters. The standard InChI is InChI=1S/C22H27N3O3/c1-14-10-15(2)22(16(3)11-14)23-20(26)12-17(4)24-25-21(27)13-18-6-8-19(28-5)9-7-18/h6-11H,12-13H2,1-5H3,(H,23,26)(H,25,27)/b24-17+. The van der Waals surface area contributed by atoms with Crippen LogP contribution in [0.5, 0.6) is 5.75 Å². The summed E-state index contributed by atoms with van der Waals surface area (Å²) in [6.45, 7) is 7.67. The Balaban J connectivity index is 1.87. The number of benzene rings is 2. The van der Waals surface area contributed by atoms with Crippen LogP contribution in [0, 0.1) is 20.8 Å². The number of rotatable bonds is 7. The molecular weight excluding hydrogens is 354 g/mol. The third kappa shape index (κ3) is 6.23. The number of nitrogens with one attached hydrogen (secondary N) is 2. The van der Waals surface area contributed by atoms with E-state index >= 15 is 0 Å². The first kappa shape index (κ1) is 21.2. The summed E-state index contributed by atoms with van der Waals surface area (Å²) in [5, 5.41) is 6.96. The van der Waals surface area contributed by atoms with Gasteiger partial charge in [-0.1, -0.05) is 29.8 Å². The topological polar surface area (TPSA) is 79.8 Å². The molecule has 6 heteroatoms. The Morgan fingerprint density at radius 2 is 1.61 bits per heavy atom. The molecule has 2 rings (SSSR count). The van der Waals surface area contributed by atoms with Gasteiger partial charge in [-0.2, -0.15) is 5.10 Å². The molecule has 0 radical (unpaired) electrons. The number of ether oxygens (including phenoxy) is 1. The Labute approximate surface area is 166 Å². The van der Waals surface area contributed by atoms with Crippen LogP contribution in [0.4, 0.5) is 5.69 Å². The number of nitrogens with zero attached hydrogens (tertiary/aromatic N) is 1. The van der Waals surface area contributed by atoms with Crippen molar-refractivity contribution in [3.8, 4) is 5.75 Å². The van der Waals surface area contributed by atoms with Gasteiger partial charge in [-0.15, -0.1) is 0 Å². The summed E-state index contributed by atoms with van der Waals surface area (Å²) in [5.41, 5.74) is 7.91. The van der Waals surface area contributed by atoms with Gasteiger partial charge in [0.05, 0.1) is 20.0 Å². The van der Waals surface area contributed by atoms with Crippen LogP contribution in [-0.2, 0) is 16.0 Å². The Hall–Kier alpha value is -3.15. The van der Waals surface area contributed by atoms with E-state index in [2.05, 4.69) is 15.8 Å². The van der Waals surface area contributed by atoms with Gasteiger partial charge in [0, 0.05) is 11.4 Å². The first-order chi connectivity index (χ1) is 13.3. The van der Waals surface area contributed by atoms with Crippen molar-refractivity contribution in [3.63, 3.8) is 0 Å². The lowest BCUT2D eigenvalue weighted by atomic mass is 10.0. The maximum absolute atomic E-state index is 12.3. The molecule has 0 bridgehead atoms. The van der Waals surface area contributed by atoms with Crippen molar-refractivity contribution in [1.29, 1.82) is 0 Å². The summed E-state index contributed by atoms with van der Waals surface area (Å²) < 4.78 is 5.09. The summed E-state index contributed by atoms with van der Waals surface area (Å²) in [5.74, 6) is 0.332. The third-order valence-corrected chi connectivity index (χ3v) is 4.25. The predicted molar refractivity (Wildman–Crippen MR) is 112 cm³/mol. The van der Waals surface area contributed by atoms with E-state index in [0.717, 1.165) is 33.7 Å². The number of hydrazone groups is 1. The van der Waals surface area contributed by atoms with Crippen LogP contribution in [0.1, 0.15) is 35.6 Å². The van der Waals surface area contributed by atoms with E-state index in [1.54, 1.807) is 26.2 Å². The van der Waals surface area contributed by atoms with Gasteiger partial charge in [0.2, 0.25) is 11.8 Å². The molecule has 6 nitrogen and oxygen atoms in total. The second-order valence-corrected chi connectivity index (χ2v) is 6.91. The average molecular weight is 381 g/mol. The zero-order valence-electron chi connectivity index (χ0n) is 17.1. The Bertz CT molecular complexity index is 863. The molecule has 2 amide bonds. The molecule has 0 saturated heterocycles. The first-order valence-corrected chi connectivity index (χ1v) is 9.11. The van der Waals surface area contributed by atoms with Crippen molar-refractivity contribution in [2.45, 2.75) is 40.5 Å². The van der Waals surface area contributed by atoms with Crippen molar-refractivity contribution in [2.75, 3.05) is 12.4 Å². The van der Waals surface area contributed by atoms with Crippen LogP contribution in [0.3, 0.4) is 0 Å². The van der Waals surface area contributed by atoms with E-state index < -0.39 is 0 Å².